The van der Waals surface area contributed by atoms with Crippen LogP contribution in [0.3, 0.4) is 0 Å². The van der Waals surface area contributed by atoms with Gasteiger partial charge in [-0.25, -0.2) is 0 Å². The van der Waals surface area contributed by atoms with Gasteiger partial charge in [-0.15, -0.1) is 0 Å². The molecule has 3 rings (SSSR count). The van der Waals surface area contributed by atoms with E-state index in [2.05, 4.69) is 26.1 Å². The Labute approximate surface area is 157 Å². The molecule has 4 nitrogen and oxygen atoms in total. The maximum Gasteiger partial charge on any atom is 0.254 e. The van der Waals surface area contributed by atoms with E-state index in [0.717, 1.165) is 31.2 Å². The molecule has 0 bridgehead atoms. The molecule has 1 heterocycles. The third kappa shape index (κ3) is 5.08. The number of hydrogen-bond donors (Lipinski definition) is 1. The van der Waals surface area contributed by atoms with Crippen molar-refractivity contribution >= 4 is 5.91 Å². The molecule has 1 saturated heterocycles. The van der Waals surface area contributed by atoms with Gasteiger partial charge in [0.2, 0.25) is 0 Å². The maximum absolute atomic E-state index is 13.1. The van der Waals surface area contributed by atoms with Crippen molar-refractivity contribution in [1.82, 2.24) is 5.32 Å². The smallest absolute Gasteiger partial charge is 0.254 e. The zero-order chi connectivity index (χ0) is 18.6. The van der Waals surface area contributed by atoms with Crippen LogP contribution in [0.1, 0.15) is 71.0 Å². The van der Waals surface area contributed by atoms with Gasteiger partial charge in [-0.2, -0.15) is 0 Å². The second-order valence-electron chi connectivity index (χ2n) is 8.79. The van der Waals surface area contributed by atoms with Gasteiger partial charge < -0.3 is 14.8 Å². The van der Waals surface area contributed by atoms with Gasteiger partial charge >= 0.3 is 0 Å². The van der Waals surface area contributed by atoms with Crippen molar-refractivity contribution in [1.29, 1.82) is 0 Å². The third-order valence-electron chi connectivity index (χ3n) is 5.57. The lowest BCUT2D eigenvalue weighted by molar-refractivity contribution is -0.139. The molecule has 3 unspecified atom stereocenters. The fourth-order valence-corrected chi connectivity index (χ4v) is 3.94. The highest BCUT2D eigenvalue weighted by Crippen LogP contribution is 2.31. The number of hydrogen-bond acceptors (Lipinski definition) is 3. The summed E-state index contributed by atoms with van der Waals surface area (Å²) in [6, 6.07) is 10.0. The summed E-state index contributed by atoms with van der Waals surface area (Å²) in [7, 11) is 0. The molecule has 0 aromatic heterocycles. The zero-order valence-corrected chi connectivity index (χ0v) is 16.4. The Bertz CT molecular complexity index is 575. The van der Waals surface area contributed by atoms with Crippen molar-refractivity contribution in [2.24, 2.45) is 5.41 Å². The van der Waals surface area contributed by atoms with E-state index in [0.29, 0.717) is 6.61 Å². The number of carbonyl (C=O) groups is 1. The predicted molar refractivity (Wildman–Crippen MR) is 103 cm³/mol. The van der Waals surface area contributed by atoms with Crippen LogP contribution in [0.5, 0.6) is 0 Å². The number of rotatable bonds is 5. The first kappa shape index (κ1) is 19.4. The van der Waals surface area contributed by atoms with Gasteiger partial charge in [0.25, 0.3) is 5.91 Å². The van der Waals surface area contributed by atoms with E-state index in [9.17, 15) is 4.79 Å². The summed E-state index contributed by atoms with van der Waals surface area (Å²) in [6.45, 7) is 7.28. The van der Waals surface area contributed by atoms with Crippen LogP contribution in [-0.2, 0) is 14.3 Å². The van der Waals surface area contributed by atoms with E-state index in [1.807, 2.05) is 30.3 Å². The zero-order valence-electron chi connectivity index (χ0n) is 16.4. The molecule has 0 spiro atoms. The molecule has 1 amide bonds. The summed E-state index contributed by atoms with van der Waals surface area (Å²) >= 11 is 0. The van der Waals surface area contributed by atoms with Crippen LogP contribution in [0.15, 0.2) is 30.3 Å². The standard InChI is InChI=1S/C22H33NO3/c1-22(2,3)19-15-17(13-14-25-19)23-21(24)20(16-9-5-4-6-10-16)26-18-11-7-8-12-18/h4-6,9-10,17-20H,7-8,11-15H2,1-3H3,(H,23,24). The first-order valence-corrected chi connectivity index (χ1v) is 10.1. The minimum Gasteiger partial charge on any atom is -0.378 e. The molecule has 0 radical (unpaired) electrons. The quantitative estimate of drug-likeness (QED) is 0.848. The van der Waals surface area contributed by atoms with Gasteiger partial charge in [-0.05, 0) is 36.7 Å². The van der Waals surface area contributed by atoms with E-state index < -0.39 is 6.10 Å². The SMILES string of the molecule is CC(C)(C)C1CC(NC(=O)C(OC2CCCC2)c2ccccc2)CCO1. The lowest BCUT2D eigenvalue weighted by Crippen LogP contribution is -2.47. The van der Waals surface area contributed by atoms with Crippen molar-refractivity contribution in [2.45, 2.75) is 83.6 Å². The number of benzene rings is 1. The predicted octanol–water partition coefficient (Wildman–Crippen LogP) is 4.40. The molecule has 1 aromatic carbocycles. The molecule has 3 atom stereocenters. The maximum atomic E-state index is 13.1. The molecule has 1 aliphatic carbocycles. The second-order valence-corrected chi connectivity index (χ2v) is 8.79. The summed E-state index contributed by atoms with van der Waals surface area (Å²) in [4.78, 5) is 13.1. The second kappa shape index (κ2) is 8.53. The molecule has 2 fully saturated rings. The van der Waals surface area contributed by atoms with Crippen molar-refractivity contribution < 1.29 is 14.3 Å². The lowest BCUT2D eigenvalue weighted by Gasteiger charge is -2.38. The highest BCUT2D eigenvalue weighted by atomic mass is 16.5. The average Bonchev–Trinajstić information content (AvgIpc) is 3.13. The molecular weight excluding hydrogens is 326 g/mol. The Hall–Kier alpha value is -1.39. The minimum absolute atomic E-state index is 0.0114. The Morgan fingerprint density at radius 3 is 2.50 bits per heavy atom. The molecule has 26 heavy (non-hydrogen) atoms. The normalized spacial score (nSPS) is 25.8. The van der Waals surface area contributed by atoms with Crippen LogP contribution < -0.4 is 5.32 Å². The summed E-state index contributed by atoms with van der Waals surface area (Å²) in [5, 5.41) is 3.25. The summed E-state index contributed by atoms with van der Waals surface area (Å²) < 4.78 is 12.2. The first-order valence-electron chi connectivity index (χ1n) is 10.1. The van der Waals surface area contributed by atoms with Gasteiger partial charge in [0.15, 0.2) is 6.10 Å². The Morgan fingerprint density at radius 1 is 1.15 bits per heavy atom. The van der Waals surface area contributed by atoms with E-state index in [1.165, 1.54) is 12.8 Å². The lowest BCUT2D eigenvalue weighted by atomic mass is 9.83. The van der Waals surface area contributed by atoms with Crippen molar-refractivity contribution in [3.63, 3.8) is 0 Å². The highest BCUT2D eigenvalue weighted by Gasteiger charge is 2.34. The minimum atomic E-state index is -0.518. The summed E-state index contributed by atoms with van der Waals surface area (Å²) in [6.07, 6.45) is 6.08. The van der Waals surface area contributed by atoms with Crippen molar-refractivity contribution in [3.05, 3.63) is 35.9 Å². The van der Waals surface area contributed by atoms with Gasteiger partial charge in [0.1, 0.15) is 0 Å². The summed E-state index contributed by atoms with van der Waals surface area (Å²) in [5.41, 5.74) is 1.03. The highest BCUT2D eigenvalue weighted by molar-refractivity contribution is 5.82. The first-order chi connectivity index (χ1) is 12.4. The molecule has 1 saturated carbocycles. The molecular formula is C22H33NO3. The molecule has 1 aromatic rings. The van der Waals surface area contributed by atoms with E-state index in [1.54, 1.807) is 0 Å². The van der Waals surface area contributed by atoms with E-state index >= 15 is 0 Å². The number of amides is 1. The Kier molecular flexibility index (Phi) is 6.36. The molecule has 4 heteroatoms. The largest absolute Gasteiger partial charge is 0.378 e. The fraction of sp³-hybridized carbons (Fsp3) is 0.682. The van der Waals surface area contributed by atoms with Crippen LogP contribution in [0.25, 0.3) is 0 Å². The van der Waals surface area contributed by atoms with Gasteiger partial charge in [0, 0.05) is 12.6 Å². The molecule has 1 aliphatic heterocycles. The van der Waals surface area contributed by atoms with Crippen molar-refractivity contribution in [3.8, 4) is 0 Å². The van der Waals surface area contributed by atoms with Crippen LogP contribution in [0.4, 0.5) is 0 Å². The van der Waals surface area contributed by atoms with Crippen LogP contribution in [0, 0.1) is 5.41 Å². The fourth-order valence-electron chi connectivity index (χ4n) is 3.94. The molecule has 1 N–H and O–H groups in total. The van der Waals surface area contributed by atoms with E-state index in [-0.39, 0.29) is 29.6 Å². The summed E-state index contributed by atoms with van der Waals surface area (Å²) in [5.74, 6) is -0.0114. The van der Waals surface area contributed by atoms with Gasteiger partial charge in [0.05, 0.1) is 12.2 Å². The Balaban J connectivity index is 1.67. The van der Waals surface area contributed by atoms with Crippen LogP contribution >= 0.6 is 0 Å². The average molecular weight is 360 g/mol. The van der Waals surface area contributed by atoms with Gasteiger partial charge in [-0.3, -0.25) is 4.79 Å². The Morgan fingerprint density at radius 2 is 1.85 bits per heavy atom. The van der Waals surface area contributed by atoms with Gasteiger partial charge in [-0.1, -0.05) is 63.9 Å². The van der Waals surface area contributed by atoms with Crippen LogP contribution in [-0.4, -0.2) is 30.8 Å². The van der Waals surface area contributed by atoms with E-state index in [4.69, 9.17) is 9.47 Å². The number of nitrogens with one attached hydrogen (secondary N) is 1. The van der Waals surface area contributed by atoms with Crippen LogP contribution in [0.2, 0.25) is 0 Å². The number of carbonyl (C=O) groups excluding carboxylic acids is 1. The number of ether oxygens (including phenoxy) is 2. The monoisotopic (exact) mass is 359 g/mol. The molecule has 2 aliphatic rings. The molecule has 144 valence electrons. The van der Waals surface area contributed by atoms with Crippen molar-refractivity contribution in [2.75, 3.05) is 6.61 Å². The third-order valence-corrected chi connectivity index (χ3v) is 5.57. The topological polar surface area (TPSA) is 47.6 Å².